The Bertz CT molecular complexity index is 539. The van der Waals surface area contributed by atoms with Crippen LogP contribution in [0.2, 0.25) is 0 Å². The molecule has 1 aliphatic rings. The molecule has 0 bridgehead atoms. The fraction of sp³-hybridized carbons (Fsp3) is 0.556. The van der Waals surface area contributed by atoms with Crippen molar-refractivity contribution < 1.29 is 14.3 Å². The summed E-state index contributed by atoms with van der Waals surface area (Å²) in [6.07, 6.45) is 6.50. The number of nitrogens with one attached hydrogen (secondary N) is 1. The maximum Gasteiger partial charge on any atom is 0.328 e. The fourth-order valence-electron chi connectivity index (χ4n) is 3.15. The van der Waals surface area contributed by atoms with Gasteiger partial charge in [-0.3, -0.25) is 4.79 Å². The SMILES string of the molecule is CCOC(=O)C(CC1CCCCC1)NC(=O)c1ccccc1N. The number of para-hydroxylation sites is 1. The lowest BCUT2D eigenvalue weighted by Crippen LogP contribution is -2.43. The number of amides is 1. The maximum atomic E-state index is 12.4. The molecule has 0 spiro atoms. The van der Waals surface area contributed by atoms with E-state index < -0.39 is 6.04 Å². The van der Waals surface area contributed by atoms with Gasteiger partial charge >= 0.3 is 5.97 Å². The van der Waals surface area contributed by atoms with Crippen molar-refractivity contribution in [3.05, 3.63) is 29.8 Å². The van der Waals surface area contributed by atoms with Gasteiger partial charge in [-0.25, -0.2) is 4.79 Å². The Morgan fingerprint density at radius 3 is 2.61 bits per heavy atom. The lowest BCUT2D eigenvalue weighted by atomic mass is 9.84. The van der Waals surface area contributed by atoms with E-state index in [1.165, 1.54) is 19.3 Å². The highest BCUT2D eigenvalue weighted by molar-refractivity contribution is 6.00. The number of hydrogen-bond acceptors (Lipinski definition) is 4. The Hall–Kier alpha value is -2.04. The number of esters is 1. The third-order valence-corrected chi connectivity index (χ3v) is 4.38. The van der Waals surface area contributed by atoms with Gasteiger partial charge in [0.15, 0.2) is 0 Å². The number of nitrogens with two attached hydrogens (primary N) is 1. The number of nitrogen functional groups attached to an aromatic ring is 1. The molecule has 5 nitrogen and oxygen atoms in total. The number of rotatable bonds is 6. The van der Waals surface area contributed by atoms with Crippen LogP contribution in [0.3, 0.4) is 0 Å². The molecule has 1 aliphatic carbocycles. The van der Waals surface area contributed by atoms with Gasteiger partial charge in [0.2, 0.25) is 0 Å². The molecule has 1 aromatic rings. The van der Waals surface area contributed by atoms with Crippen LogP contribution >= 0.6 is 0 Å². The molecule has 0 heterocycles. The number of hydrogen-bond donors (Lipinski definition) is 2. The average Bonchev–Trinajstić information content (AvgIpc) is 2.55. The zero-order valence-corrected chi connectivity index (χ0v) is 13.7. The molecule has 1 saturated carbocycles. The van der Waals surface area contributed by atoms with E-state index in [1.54, 1.807) is 31.2 Å². The van der Waals surface area contributed by atoms with Crippen molar-refractivity contribution in [2.75, 3.05) is 12.3 Å². The molecule has 1 aromatic carbocycles. The Morgan fingerprint density at radius 1 is 1.26 bits per heavy atom. The first kappa shape index (κ1) is 17.3. The maximum absolute atomic E-state index is 12.4. The highest BCUT2D eigenvalue weighted by Crippen LogP contribution is 2.27. The second-order valence-electron chi connectivity index (χ2n) is 6.11. The van der Waals surface area contributed by atoms with E-state index in [2.05, 4.69) is 5.32 Å². The molecule has 1 unspecified atom stereocenters. The van der Waals surface area contributed by atoms with E-state index in [9.17, 15) is 9.59 Å². The zero-order valence-electron chi connectivity index (χ0n) is 13.7. The highest BCUT2D eigenvalue weighted by Gasteiger charge is 2.27. The summed E-state index contributed by atoms with van der Waals surface area (Å²) in [6, 6.07) is 6.26. The molecule has 0 radical (unpaired) electrons. The van der Waals surface area contributed by atoms with Gasteiger partial charge in [-0.2, -0.15) is 0 Å². The second-order valence-corrected chi connectivity index (χ2v) is 6.11. The van der Waals surface area contributed by atoms with Crippen molar-refractivity contribution >= 4 is 17.6 Å². The van der Waals surface area contributed by atoms with Crippen molar-refractivity contribution in [2.45, 2.75) is 51.5 Å². The average molecular weight is 318 g/mol. The quantitative estimate of drug-likeness (QED) is 0.624. The van der Waals surface area contributed by atoms with E-state index >= 15 is 0 Å². The topological polar surface area (TPSA) is 81.4 Å². The van der Waals surface area contributed by atoms with E-state index in [-0.39, 0.29) is 11.9 Å². The molecule has 0 aliphatic heterocycles. The molecule has 0 aromatic heterocycles. The minimum absolute atomic E-state index is 0.309. The van der Waals surface area contributed by atoms with Gasteiger partial charge < -0.3 is 15.8 Å². The van der Waals surface area contributed by atoms with Crippen LogP contribution in [0.1, 0.15) is 55.8 Å². The zero-order chi connectivity index (χ0) is 16.7. The standard InChI is InChI=1S/C18H26N2O3/c1-2-23-18(22)16(12-13-8-4-3-5-9-13)20-17(21)14-10-6-7-11-15(14)19/h6-7,10-11,13,16H,2-5,8-9,12,19H2,1H3,(H,20,21). The van der Waals surface area contributed by atoms with E-state index in [1.807, 2.05) is 0 Å². The minimum atomic E-state index is -0.606. The summed E-state index contributed by atoms with van der Waals surface area (Å²) in [6.45, 7) is 2.08. The molecular formula is C18H26N2O3. The molecular weight excluding hydrogens is 292 g/mol. The summed E-state index contributed by atoms with van der Waals surface area (Å²) in [5.41, 5.74) is 6.64. The summed E-state index contributed by atoms with van der Waals surface area (Å²) in [4.78, 5) is 24.6. The van der Waals surface area contributed by atoms with Crippen LogP contribution in [-0.4, -0.2) is 24.5 Å². The lowest BCUT2D eigenvalue weighted by Gasteiger charge is -2.26. The molecule has 2 rings (SSSR count). The summed E-state index contributed by atoms with van der Waals surface area (Å²) in [7, 11) is 0. The van der Waals surface area contributed by atoms with Crippen molar-refractivity contribution in [2.24, 2.45) is 5.92 Å². The van der Waals surface area contributed by atoms with Crippen molar-refractivity contribution in [3.8, 4) is 0 Å². The van der Waals surface area contributed by atoms with Crippen LogP contribution in [0.25, 0.3) is 0 Å². The molecule has 0 saturated heterocycles. The summed E-state index contributed by atoms with van der Waals surface area (Å²) >= 11 is 0. The van der Waals surface area contributed by atoms with E-state index in [4.69, 9.17) is 10.5 Å². The van der Waals surface area contributed by atoms with Crippen LogP contribution in [0.15, 0.2) is 24.3 Å². The van der Waals surface area contributed by atoms with Crippen molar-refractivity contribution in [1.82, 2.24) is 5.32 Å². The predicted octanol–water partition coefficient (Wildman–Crippen LogP) is 2.90. The number of carbonyl (C=O) groups excluding carboxylic acids is 2. The van der Waals surface area contributed by atoms with Gasteiger partial charge in [-0.1, -0.05) is 44.2 Å². The van der Waals surface area contributed by atoms with Crippen LogP contribution in [-0.2, 0) is 9.53 Å². The first-order valence-electron chi connectivity index (χ1n) is 8.43. The monoisotopic (exact) mass is 318 g/mol. The fourth-order valence-corrected chi connectivity index (χ4v) is 3.15. The Morgan fingerprint density at radius 2 is 1.96 bits per heavy atom. The molecule has 3 N–H and O–H groups in total. The van der Waals surface area contributed by atoms with Crippen molar-refractivity contribution in [1.29, 1.82) is 0 Å². The first-order valence-corrected chi connectivity index (χ1v) is 8.43. The van der Waals surface area contributed by atoms with Crippen LogP contribution in [0.5, 0.6) is 0 Å². The summed E-state index contributed by atoms with van der Waals surface area (Å²) < 4.78 is 5.13. The molecule has 5 heteroatoms. The van der Waals surface area contributed by atoms with Crippen LogP contribution in [0, 0.1) is 5.92 Å². The van der Waals surface area contributed by atoms with Gasteiger partial charge in [0, 0.05) is 5.69 Å². The Labute approximate surface area is 137 Å². The predicted molar refractivity (Wildman–Crippen MR) is 89.9 cm³/mol. The van der Waals surface area contributed by atoms with Crippen LogP contribution in [0.4, 0.5) is 5.69 Å². The molecule has 1 amide bonds. The third kappa shape index (κ3) is 4.98. The number of anilines is 1. The van der Waals surface area contributed by atoms with E-state index in [0.717, 1.165) is 12.8 Å². The van der Waals surface area contributed by atoms with Gasteiger partial charge in [0.25, 0.3) is 5.91 Å². The number of benzene rings is 1. The largest absolute Gasteiger partial charge is 0.464 e. The number of ether oxygens (including phenoxy) is 1. The third-order valence-electron chi connectivity index (χ3n) is 4.38. The van der Waals surface area contributed by atoms with Gasteiger partial charge in [0.1, 0.15) is 6.04 Å². The minimum Gasteiger partial charge on any atom is -0.464 e. The van der Waals surface area contributed by atoms with Crippen molar-refractivity contribution in [3.63, 3.8) is 0 Å². The normalized spacial score (nSPS) is 16.6. The Balaban J connectivity index is 2.05. The lowest BCUT2D eigenvalue weighted by molar-refractivity contribution is -0.146. The number of carbonyl (C=O) groups is 2. The molecule has 126 valence electrons. The second kappa shape index (κ2) is 8.56. The van der Waals surface area contributed by atoms with Gasteiger partial charge in [-0.15, -0.1) is 0 Å². The Kier molecular flexibility index (Phi) is 6.44. The summed E-state index contributed by atoms with van der Waals surface area (Å²) in [5, 5.41) is 2.81. The van der Waals surface area contributed by atoms with Gasteiger partial charge in [0.05, 0.1) is 12.2 Å². The summed E-state index contributed by atoms with van der Waals surface area (Å²) in [5.74, 6) is -0.218. The highest BCUT2D eigenvalue weighted by atomic mass is 16.5. The first-order chi connectivity index (χ1) is 11.1. The van der Waals surface area contributed by atoms with E-state index in [0.29, 0.717) is 30.2 Å². The van der Waals surface area contributed by atoms with Gasteiger partial charge in [-0.05, 0) is 31.4 Å². The molecule has 1 atom stereocenters. The molecule has 1 fully saturated rings. The smallest absolute Gasteiger partial charge is 0.328 e. The van der Waals surface area contributed by atoms with Crippen LogP contribution < -0.4 is 11.1 Å². The molecule has 23 heavy (non-hydrogen) atoms.